The Bertz CT molecular complexity index is 447. The van der Waals surface area contributed by atoms with Crippen LogP contribution in [0.1, 0.15) is 30.7 Å². The van der Waals surface area contributed by atoms with Crippen molar-refractivity contribution in [2.75, 3.05) is 39.5 Å². The number of thiophene rings is 1. The summed E-state index contributed by atoms with van der Waals surface area (Å²) in [6, 6.07) is 4.86. The molecule has 0 spiro atoms. The number of aliphatic imine (C=N–C) groups is 1. The molecule has 0 radical (unpaired) electrons. The summed E-state index contributed by atoms with van der Waals surface area (Å²) >= 11 is 3.72. The summed E-state index contributed by atoms with van der Waals surface area (Å²) in [5, 5.41) is 9.68. The third-order valence-corrected chi connectivity index (χ3v) is 6.04. The maximum Gasteiger partial charge on any atom is 0.191 e. The van der Waals surface area contributed by atoms with E-state index in [1.165, 1.54) is 30.8 Å². The lowest BCUT2D eigenvalue weighted by atomic mass is 10.2. The molecular weight excluding hydrogens is 439 g/mol. The van der Waals surface area contributed by atoms with Gasteiger partial charge in [-0.2, -0.15) is 11.8 Å². The second-order valence-electron chi connectivity index (χ2n) is 5.65. The lowest BCUT2D eigenvalue weighted by Crippen LogP contribution is -2.44. The van der Waals surface area contributed by atoms with Crippen molar-refractivity contribution >= 4 is 53.0 Å². The van der Waals surface area contributed by atoms with E-state index in [9.17, 15) is 0 Å². The highest BCUT2D eigenvalue weighted by Gasteiger charge is 2.24. The van der Waals surface area contributed by atoms with E-state index < -0.39 is 0 Å². The fraction of sp³-hybridized carbons (Fsp3) is 0.688. The van der Waals surface area contributed by atoms with Crippen LogP contribution in [-0.4, -0.2) is 55.6 Å². The van der Waals surface area contributed by atoms with Crippen LogP contribution < -0.4 is 10.6 Å². The number of guanidine groups is 1. The Hall–Kier alpha value is 0.01000. The molecule has 0 saturated carbocycles. The Morgan fingerprint density at radius 2 is 2.04 bits per heavy atom. The van der Waals surface area contributed by atoms with E-state index in [2.05, 4.69) is 51.2 Å². The Labute approximate surface area is 165 Å². The molecule has 2 heterocycles. The van der Waals surface area contributed by atoms with Crippen molar-refractivity contribution in [3.63, 3.8) is 0 Å². The SMILES string of the molecule is CN=C(NCC(C)SC)NCC(c1cccs1)N1CCCC1.I. The van der Waals surface area contributed by atoms with Crippen molar-refractivity contribution < 1.29 is 0 Å². The van der Waals surface area contributed by atoms with Crippen molar-refractivity contribution in [3.8, 4) is 0 Å². The number of rotatable bonds is 7. The molecule has 1 aliphatic heterocycles. The van der Waals surface area contributed by atoms with E-state index in [4.69, 9.17) is 0 Å². The van der Waals surface area contributed by atoms with Crippen LogP contribution in [0.15, 0.2) is 22.5 Å². The van der Waals surface area contributed by atoms with E-state index >= 15 is 0 Å². The lowest BCUT2D eigenvalue weighted by Gasteiger charge is -2.27. The van der Waals surface area contributed by atoms with Gasteiger partial charge in [-0.05, 0) is 43.6 Å². The topological polar surface area (TPSA) is 39.7 Å². The first-order valence-electron chi connectivity index (χ1n) is 7.99. The first-order valence-corrected chi connectivity index (χ1v) is 10.2. The molecule has 1 fully saturated rings. The minimum absolute atomic E-state index is 0. The molecule has 1 aliphatic rings. The maximum absolute atomic E-state index is 4.34. The first kappa shape index (κ1) is 21.1. The van der Waals surface area contributed by atoms with E-state index in [1.54, 1.807) is 0 Å². The highest BCUT2D eigenvalue weighted by Crippen LogP contribution is 2.27. The predicted molar refractivity (Wildman–Crippen MR) is 116 cm³/mol. The zero-order valence-electron chi connectivity index (χ0n) is 14.2. The van der Waals surface area contributed by atoms with Gasteiger partial charge in [-0.25, -0.2) is 0 Å². The van der Waals surface area contributed by atoms with Crippen molar-refractivity contribution in [1.29, 1.82) is 0 Å². The summed E-state index contributed by atoms with van der Waals surface area (Å²) in [4.78, 5) is 8.38. The van der Waals surface area contributed by atoms with Crippen LogP contribution in [0, 0.1) is 0 Å². The van der Waals surface area contributed by atoms with Crippen LogP contribution in [0.2, 0.25) is 0 Å². The minimum atomic E-state index is 0. The summed E-state index contributed by atoms with van der Waals surface area (Å²) in [5.41, 5.74) is 0. The van der Waals surface area contributed by atoms with Gasteiger partial charge in [0.15, 0.2) is 5.96 Å². The zero-order chi connectivity index (χ0) is 15.8. The van der Waals surface area contributed by atoms with Crippen LogP contribution in [0.25, 0.3) is 0 Å². The number of halogens is 1. The molecule has 4 nitrogen and oxygen atoms in total. The van der Waals surface area contributed by atoms with Crippen molar-refractivity contribution in [2.24, 2.45) is 4.99 Å². The average Bonchev–Trinajstić information content (AvgIpc) is 3.24. The summed E-state index contributed by atoms with van der Waals surface area (Å²) in [5.74, 6) is 0.904. The molecule has 23 heavy (non-hydrogen) atoms. The number of nitrogens with zero attached hydrogens (tertiary/aromatic N) is 2. The lowest BCUT2D eigenvalue weighted by molar-refractivity contribution is 0.249. The zero-order valence-corrected chi connectivity index (χ0v) is 18.2. The Morgan fingerprint density at radius 3 is 2.61 bits per heavy atom. The maximum atomic E-state index is 4.34. The van der Waals surface area contributed by atoms with E-state index in [0.717, 1.165) is 19.0 Å². The number of hydrogen-bond acceptors (Lipinski definition) is 4. The van der Waals surface area contributed by atoms with Gasteiger partial charge in [-0.3, -0.25) is 9.89 Å². The summed E-state index contributed by atoms with van der Waals surface area (Å²) in [7, 11) is 1.84. The molecule has 0 bridgehead atoms. The normalized spacial score (nSPS) is 18.3. The molecule has 0 aromatic carbocycles. The van der Waals surface area contributed by atoms with Gasteiger partial charge in [0.25, 0.3) is 0 Å². The molecule has 1 aromatic rings. The fourth-order valence-electron chi connectivity index (χ4n) is 2.68. The van der Waals surface area contributed by atoms with Crippen LogP contribution in [-0.2, 0) is 0 Å². The molecule has 2 unspecified atom stereocenters. The highest BCUT2D eigenvalue weighted by molar-refractivity contribution is 14.0. The molecule has 1 saturated heterocycles. The average molecular weight is 468 g/mol. The first-order chi connectivity index (χ1) is 10.7. The van der Waals surface area contributed by atoms with Gasteiger partial charge < -0.3 is 10.6 Å². The molecule has 132 valence electrons. The van der Waals surface area contributed by atoms with Crippen LogP contribution in [0.3, 0.4) is 0 Å². The molecule has 7 heteroatoms. The molecular formula is C16H29IN4S2. The van der Waals surface area contributed by atoms with Gasteiger partial charge in [-0.1, -0.05) is 13.0 Å². The Balaban J connectivity index is 0.00000264. The number of likely N-dealkylation sites (tertiary alicyclic amines) is 1. The largest absolute Gasteiger partial charge is 0.355 e. The molecule has 0 aliphatic carbocycles. The van der Waals surface area contributed by atoms with Gasteiger partial charge in [0.2, 0.25) is 0 Å². The fourth-order valence-corrected chi connectivity index (χ4v) is 3.79. The van der Waals surface area contributed by atoms with Crippen molar-refractivity contribution in [1.82, 2.24) is 15.5 Å². The van der Waals surface area contributed by atoms with Crippen LogP contribution in [0.5, 0.6) is 0 Å². The van der Waals surface area contributed by atoms with E-state index in [0.29, 0.717) is 11.3 Å². The number of thioether (sulfide) groups is 1. The van der Waals surface area contributed by atoms with Gasteiger partial charge in [0, 0.05) is 30.3 Å². The van der Waals surface area contributed by atoms with E-state index in [1.807, 2.05) is 30.1 Å². The standard InChI is InChI=1S/C16H28N4S2.HI/c1-13(21-3)11-18-16(17-2)19-12-14(15-7-6-10-22-15)20-8-4-5-9-20;/h6-7,10,13-14H,4-5,8-9,11-12H2,1-3H3,(H2,17,18,19);1H. The summed E-state index contributed by atoms with van der Waals surface area (Å²) < 4.78 is 0. The smallest absolute Gasteiger partial charge is 0.191 e. The molecule has 2 N–H and O–H groups in total. The van der Waals surface area contributed by atoms with Gasteiger partial charge in [0.1, 0.15) is 0 Å². The van der Waals surface area contributed by atoms with Gasteiger partial charge in [-0.15, -0.1) is 35.3 Å². The minimum Gasteiger partial charge on any atom is -0.355 e. The van der Waals surface area contributed by atoms with Crippen molar-refractivity contribution in [2.45, 2.75) is 31.1 Å². The summed E-state index contributed by atoms with van der Waals surface area (Å²) in [6.07, 6.45) is 4.78. The molecule has 2 rings (SSSR count). The summed E-state index contributed by atoms with van der Waals surface area (Å²) in [6.45, 7) is 6.49. The van der Waals surface area contributed by atoms with Gasteiger partial charge in [0.05, 0.1) is 6.04 Å². The predicted octanol–water partition coefficient (Wildman–Crippen LogP) is 3.42. The van der Waals surface area contributed by atoms with Crippen LogP contribution in [0.4, 0.5) is 0 Å². The number of hydrogen-bond donors (Lipinski definition) is 2. The second-order valence-corrected chi connectivity index (χ2v) is 7.91. The molecule has 1 aromatic heterocycles. The molecule has 0 amide bonds. The number of nitrogens with one attached hydrogen (secondary N) is 2. The van der Waals surface area contributed by atoms with Crippen molar-refractivity contribution in [3.05, 3.63) is 22.4 Å². The third-order valence-electron chi connectivity index (χ3n) is 4.10. The monoisotopic (exact) mass is 468 g/mol. The van der Waals surface area contributed by atoms with E-state index in [-0.39, 0.29) is 24.0 Å². The highest BCUT2D eigenvalue weighted by atomic mass is 127. The molecule has 2 atom stereocenters. The Kier molecular flexibility index (Phi) is 10.6. The van der Waals surface area contributed by atoms with Crippen LogP contribution >= 0.6 is 47.1 Å². The third kappa shape index (κ3) is 6.80. The quantitative estimate of drug-likeness (QED) is 0.366. The Morgan fingerprint density at radius 1 is 1.35 bits per heavy atom. The second kappa shape index (κ2) is 11.5. The van der Waals surface area contributed by atoms with Gasteiger partial charge >= 0.3 is 0 Å².